The number of aromatic nitrogens is 9. The number of aliphatic hydroxyl groups is 1. The minimum atomic E-state index is -4.53. The minimum Gasteiger partial charge on any atom is -0.387 e. The molecule has 0 unspecified atom stereocenters. The van der Waals surface area contributed by atoms with Crippen molar-refractivity contribution in [1.29, 1.82) is 0 Å². The van der Waals surface area contributed by atoms with Crippen LogP contribution in [0.25, 0.3) is 50.4 Å². The zero-order valence-electron chi connectivity index (χ0n) is 22.5. The molecule has 1 fully saturated rings. The minimum absolute atomic E-state index is 0.0729. The predicted octanol–water partition coefficient (Wildman–Crippen LogP) is 5.44. The first kappa shape index (κ1) is 25.4. The Morgan fingerprint density at radius 1 is 1.10 bits per heavy atom. The number of rotatable bonds is 6. The second-order valence-electron chi connectivity index (χ2n) is 10.5. The maximum atomic E-state index is 13.4. The van der Waals surface area contributed by atoms with Crippen LogP contribution in [0.4, 0.5) is 13.2 Å². The summed E-state index contributed by atoms with van der Waals surface area (Å²) in [6, 6.07) is 8.56. The fraction of sp³-hybridized carbons (Fsp3) is 0.321. The molecule has 0 radical (unpaired) electrons. The highest BCUT2D eigenvalue weighted by Crippen LogP contribution is 2.47. The molecule has 1 aromatic carbocycles. The van der Waals surface area contributed by atoms with Crippen molar-refractivity contribution in [2.45, 2.75) is 44.4 Å². The van der Waals surface area contributed by atoms with Crippen molar-refractivity contribution in [1.82, 2.24) is 44.3 Å². The van der Waals surface area contributed by atoms with Gasteiger partial charge in [0.1, 0.15) is 11.5 Å². The van der Waals surface area contributed by atoms with E-state index >= 15 is 0 Å². The fourth-order valence-corrected chi connectivity index (χ4v) is 5.49. The van der Waals surface area contributed by atoms with E-state index in [1.807, 2.05) is 38.2 Å². The van der Waals surface area contributed by atoms with Gasteiger partial charge < -0.3 is 9.67 Å². The molecule has 2 N–H and O–H groups in total. The van der Waals surface area contributed by atoms with Crippen molar-refractivity contribution in [3.8, 4) is 28.5 Å². The van der Waals surface area contributed by atoms with Crippen LogP contribution in [0.2, 0.25) is 0 Å². The molecule has 0 spiro atoms. The lowest BCUT2D eigenvalue weighted by atomic mass is 10.0. The number of aryl methyl sites for hydroxylation is 1. The first-order valence-corrected chi connectivity index (χ1v) is 13.3. The molecule has 1 aliphatic carbocycles. The van der Waals surface area contributed by atoms with Crippen LogP contribution in [-0.2, 0) is 20.3 Å². The number of benzene rings is 1. The molecule has 1 aliphatic rings. The first-order valence-electron chi connectivity index (χ1n) is 13.3. The van der Waals surface area contributed by atoms with Crippen molar-refractivity contribution in [3.63, 3.8) is 0 Å². The molecule has 7 rings (SSSR count). The Balaban J connectivity index is 1.41. The summed E-state index contributed by atoms with van der Waals surface area (Å²) >= 11 is 0. The fourth-order valence-electron chi connectivity index (χ4n) is 5.49. The van der Waals surface area contributed by atoms with Gasteiger partial charge in [0, 0.05) is 66.1 Å². The molecule has 0 amide bonds. The van der Waals surface area contributed by atoms with E-state index in [2.05, 4.69) is 29.9 Å². The van der Waals surface area contributed by atoms with Crippen LogP contribution in [0.1, 0.15) is 55.3 Å². The summed E-state index contributed by atoms with van der Waals surface area (Å²) in [5.41, 5.74) is 4.16. The molecule has 0 bridgehead atoms. The second-order valence-corrected chi connectivity index (χ2v) is 10.5. The molecule has 13 heteroatoms. The number of nitrogens with one attached hydrogen (secondary N) is 1. The lowest BCUT2D eigenvalue weighted by Crippen LogP contribution is -2.11. The summed E-state index contributed by atoms with van der Waals surface area (Å²) in [6.07, 6.45) is 0.666. The van der Waals surface area contributed by atoms with Crippen LogP contribution in [0.5, 0.6) is 0 Å². The average molecular weight is 562 g/mol. The molecular weight excluding hydrogens is 535 g/mol. The number of aromatic amines is 1. The molecular formula is C28H26F3N9O. The molecule has 5 heterocycles. The van der Waals surface area contributed by atoms with Crippen LogP contribution < -0.4 is 0 Å². The molecule has 1 atom stereocenters. The van der Waals surface area contributed by atoms with Gasteiger partial charge in [0.25, 0.3) is 0 Å². The molecule has 5 aromatic heterocycles. The van der Waals surface area contributed by atoms with Crippen LogP contribution in [0, 0.1) is 0 Å². The molecule has 210 valence electrons. The summed E-state index contributed by atoms with van der Waals surface area (Å²) in [6.45, 7) is 1.89. The number of nitrogens with zero attached hydrogens (tertiary/aromatic N) is 8. The van der Waals surface area contributed by atoms with E-state index in [1.165, 1.54) is 11.7 Å². The smallest absolute Gasteiger partial charge is 0.387 e. The number of alkyl halides is 3. The Morgan fingerprint density at radius 2 is 1.90 bits per heavy atom. The standard InChI is InChI=1S/C28H26F3N9O/c1-4-20(41)23-17(10-15-12-32-35-26(15)33-23)27-34-24(25(38(27)2)14-8-9-14)16-6-5-7-19-18(16)13-40(36-19)22-11-21(28(29,30)31)39(3)37-22/h5-7,10-14,20,41H,4,8-9H2,1-3H3,(H,32,33,35)/t20-/m0/s1. The SMILES string of the molecule is CC[C@H](O)c1nc2n[nH]cc2cc1-c1nc(-c2cccc3nn(-c4cc(C(F)(F)F)n(C)n4)cc23)c(C2CC2)n1C. The van der Waals surface area contributed by atoms with Crippen LogP contribution >= 0.6 is 0 Å². The average Bonchev–Trinajstić information content (AvgIpc) is 3.27. The summed E-state index contributed by atoms with van der Waals surface area (Å²) in [4.78, 5) is 9.80. The number of imidazole rings is 1. The molecule has 0 aliphatic heterocycles. The molecule has 41 heavy (non-hydrogen) atoms. The number of pyridine rings is 1. The number of hydrogen-bond donors (Lipinski definition) is 2. The van der Waals surface area contributed by atoms with E-state index in [1.54, 1.807) is 12.4 Å². The number of fused-ring (bicyclic) bond motifs is 2. The topological polar surface area (TPSA) is 115 Å². The molecule has 10 nitrogen and oxygen atoms in total. The van der Waals surface area contributed by atoms with E-state index < -0.39 is 18.0 Å². The second kappa shape index (κ2) is 8.99. The third kappa shape index (κ3) is 4.10. The highest BCUT2D eigenvalue weighted by atomic mass is 19.4. The van der Waals surface area contributed by atoms with Gasteiger partial charge in [-0.05, 0) is 31.4 Å². The zero-order valence-corrected chi connectivity index (χ0v) is 22.5. The van der Waals surface area contributed by atoms with Crippen molar-refractivity contribution >= 4 is 21.9 Å². The van der Waals surface area contributed by atoms with Crippen molar-refractivity contribution in [2.75, 3.05) is 0 Å². The predicted molar refractivity (Wildman–Crippen MR) is 145 cm³/mol. The van der Waals surface area contributed by atoms with Gasteiger partial charge >= 0.3 is 6.18 Å². The quantitative estimate of drug-likeness (QED) is 0.280. The lowest BCUT2D eigenvalue weighted by molar-refractivity contribution is -0.143. The van der Waals surface area contributed by atoms with Crippen LogP contribution in [0.15, 0.2) is 42.7 Å². The van der Waals surface area contributed by atoms with Crippen LogP contribution in [0.3, 0.4) is 0 Å². The Morgan fingerprint density at radius 3 is 2.61 bits per heavy atom. The van der Waals surface area contributed by atoms with Gasteiger partial charge in [-0.15, -0.1) is 0 Å². The van der Waals surface area contributed by atoms with Gasteiger partial charge in [0.15, 0.2) is 11.5 Å². The van der Waals surface area contributed by atoms with E-state index in [9.17, 15) is 18.3 Å². The Labute approximate surface area is 231 Å². The molecule has 6 aromatic rings. The van der Waals surface area contributed by atoms with Gasteiger partial charge in [0.2, 0.25) is 0 Å². The summed E-state index contributed by atoms with van der Waals surface area (Å²) < 4.78 is 44.5. The van der Waals surface area contributed by atoms with Crippen molar-refractivity contribution in [3.05, 3.63) is 59.8 Å². The maximum absolute atomic E-state index is 13.4. The van der Waals surface area contributed by atoms with Crippen molar-refractivity contribution < 1.29 is 18.3 Å². The van der Waals surface area contributed by atoms with Gasteiger partial charge in [-0.3, -0.25) is 9.78 Å². The van der Waals surface area contributed by atoms with E-state index in [0.29, 0.717) is 35.0 Å². The van der Waals surface area contributed by atoms with Crippen LogP contribution in [-0.4, -0.2) is 49.4 Å². The van der Waals surface area contributed by atoms with E-state index in [4.69, 9.17) is 4.98 Å². The van der Waals surface area contributed by atoms with E-state index in [0.717, 1.165) is 56.9 Å². The van der Waals surface area contributed by atoms with E-state index in [-0.39, 0.29) is 5.82 Å². The lowest BCUT2D eigenvalue weighted by Gasteiger charge is -2.13. The Bertz CT molecular complexity index is 1940. The highest BCUT2D eigenvalue weighted by Gasteiger charge is 2.36. The largest absolute Gasteiger partial charge is 0.433 e. The van der Waals surface area contributed by atoms with Gasteiger partial charge in [-0.1, -0.05) is 19.1 Å². The number of H-pyrrole nitrogens is 1. The summed E-state index contributed by atoms with van der Waals surface area (Å²) in [7, 11) is 3.23. The zero-order chi connectivity index (χ0) is 28.6. The maximum Gasteiger partial charge on any atom is 0.433 e. The third-order valence-electron chi connectivity index (χ3n) is 7.69. The van der Waals surface area contributed by atoms with Gasteiger partial charge in [-0.2, -0.15) is 28.5 Å². The number of hydrogen-bond acceptors (Lipinski definition) is 6. The number of halogens is 3. The monoisotopic (exact) mass is 561 g/mol. The molecule has 0 saturated heterocycles. The van der Waals surface area contributed by atoms with Crippen molar-refractivity contribution in [2.24, 2.45) is 14.1 Å². The van der Waals surface area contributed by atoms with Gasteiger partial charge in [0.05, 0.1) is 23.0 Å². The first-order chi connectivity index (χ1) is 19.6. The highest BCUT2D eigenvalue weighted by molar-refractivity contribution is 5.95. The number of aliphatic hydroxyl groups excluding tert-OH is 1. The molecule has 1 saturated carbocycles. The Kier molecular flexibility index (Phi) is 5.58. The Hall–Kier alpha value is -4.52. The summed E-state index contributed by atoms with van der Waals surface area (Å²) in [5.74, 6) is 1.06. The normalized spacial score (nSPS) is 14.9. The summed E-state index contributed by atoms with van der Waals surface area (Å²) in [5, 5.41) is 28.0. The third-order valence-corrected chi connectivity index (χ3v) is 7.69. The van der Waals surface area contributed by atoms with Gasteiger partial charge in [-0.25, -0.2) is 14.6 Å².